The molecule has 3 aliphatic carbocycles. The number of nitrogens with one attached hydrogen (secondary N) is 1. The molecule has 4 N–H and O–H groups in total. The van der Waals surface area contributed by atoms with Gasteiger partial charge in [0.25, 0.3) is 0 Å². The van der Waals surface area contributed by atoms with Gasteiger partial charge in [0.05, 0.1) is 30.4 Å². The Balaban J connectivity index is 1.53. The smallest absolute Gasteiger partial charge is 0.407 e. The van der Waals surface area contributed by atoms with E-state index in [0.717, 1.165) is 0 Å². The van der Waals surface area contributed by atoms with Crippen molar-refractivity contribution in [2.75, 3.05) is 6.61 Å². The first-order chi connectivity index (χ1) is 27.4. The number of aliphatic hydroxyl groups is 3. The summed E-state index contributed by atoms with van der Waals surface area (Å²) in [5.41, 5.74) is -6.63. The molecule has 15 heteroatoms. The number of carbonyl (C=O) groups is 4. The van der Waals surface area contributed by atoms with Crippen LogP contribution in [0.15, 0.2) is 54.1 Å². The van der Waals surface area contributed by atoms with Crippen molar-refractivity contribution in [3.8, 4) is 0 Å². The molecule has 0 radical (unpaired) electrons. The maximum Gasteiger partial charge on any atom is 0.407 e. The van der Waals surface area contributed by atoms with Crippen LogP contribution in [0.3, 0.4) is 0 Å². The molecule has 326 valence electrons. The maximum atomic E-state index is 14.3. The van der Waals surface area contributed by atoms with Gasteiger partial charge in [-0.2, -0.15) is 0 Å². The molecule has 1 aromatic carbocycles. The van der Waals surface area contributed by atoms with E-state index in [1.54, 1.807) is 71.9 Å². The van der Waals surface area contributed by atoms with E-state index in [1.807, 2.05) is 20.8 Å². The average molecular weight is 828 g/mol. The lowest BCUT2D eigenvalue weighted by Crippen LogP contribution is -2.83. The molecule has 0 aromatic heterocycles. The summed E-state index contributed by atoms with van der Waals surface area (Å²) in [6.07, 6.45) is -9.06. The highest BCUT2D eigenvalue weighted by molar-refractivity contribution is 5.89. The highest BCUT2D eigenvalue weighted by Crippen LogP contribution is 2.66. The van der Waals surface area contributed by atoms with Gasteiger partial charge in [-0.3, -0.25) is 4.79 Å². The van der Waals surface area contributed by atoms with Crippen LogP contribution >= 0.6 is 0 Å². The zero-order chi connectivity index (χ0) is 43.6. The first kappa shape index (κ1) is 44.7. The zero-order valence-corrected chi connectivity index (χ0v) is 35.7. The van der Waals surface area contributed by atoms with Crippen molar-refractivity contribution < 1.29 is 67.7 Å². The minimum Gasteiger partial charge on any atom is -0.456 e. The van der Waals surface area contributed by atoms with E-state index in [0.29, 0.717) is 11.1 Å². The second kappa shape index (κ2) is 15.9. The third kappa shape index (κ3) is 7.83. The molecule has 5 aliphatic rings. The minimum atomic E-state index is -2.18. The quantitative estimate of drug-likeness (QED) is 0.148. The van der Waals surface area contributed by atoms with Crippen molar-refractivity contribution in [1.82, 2.24) is 5.32 Å². The number of hydrogen-bond acceptors (Lipinski definition) is 14. The zero-order valence-electron chi connectivity index (χ0n) is 35.7. The van der Waals surface area contributed by atoms with E-state index in [4.69, 9.17) is 33.2 Å². The number of carbonyl (C=O) groups excluding carboxylic acids is 4. The van der Waals surface area contributed by atoms with Crippen molar-refractivity contribution in [1.29, 1.82) is 0 Å². The Morgan fingerprint density at radius 3 is 2.24 bits per heavy atom. The molecule has 1 aromatic rings. The number of alkyl carbamates (subject to hydrolysis) is 1. The molecular formula is C44H61NO14. The molecule has 59 heavy (non-hydrogen) atoms. The van der Waals surface area contributed by atoms with E-state index in [2.05, 4.69) is 11.9 Å². The fourth-order valence-electron chi connectivity index (χ4n) is 10.3. The molecule has 2 aliphatic heterocycles. The summed E-state index contributed by atoms with van der Waals surface area (Å²) in [5.74, 6) is -3.84. The van der Waals surface area contributed by atoms with E-state index in [-0.39, 0.29) is 37.4 Å². The van der Waals surface area contributed by atoms with Crippen LogP contribution in [0.25, 0.3) is 0 Å². The predicted octanol–water partition coefficient (Wildman–Crippen LogP) is 4.30. The lowest BCUT2D eigenvalue weighted by Gasteiger charge is -2.70. The molecule has 2 saturated carbocycles. The average Bonchev–Trinajstić information content (AvgIpc) is 3.13. The van der Waals surface area contributed by atoms with Crippen LogP contribution in [0.1, 0.15) is 98.9 Å². The van der Waals surface area contributed by atoms with Gasteiger partial charge < -0.3 is 53.8 Å². The number of amides is 1. The van der Waals surface area contributed by atoms with E-state index < -0.39 is 113 Å². The van der Waals surface area contributed by atoms with Gasteiger partial charge in [-0.25, -0.2) is 14.4 Å². The summed E-state index contributed by atoms with van der Waals surface area (Å²) in [6.45, 7) is 20.7. The van der Waals surface area contributed by atoms with Crippen molar-refractivity contribution in [3.05, 3.63) is 59.7 Å². The molecule has 0 spiro atoms. The van der Waals surface area contributed by atoms with Gasteiger partial charge in [-0.1, -0.05) is 59.4 Å². The largest absolute Gasteiger partial charge is 0.456 e. The number of rotatable bonds is 10. The number of hydrogen-bond donors (Lipinski definition) is 4. The fraction of sp³-hybridized carbons (Fsp3) is 0.682. The van der Waals surface area contributed by atoms with Crippen molar-refractivity contribution in [2.45, 2.75) is 160 Å². The minimum absolute atomic E-state index is 0.0776. The second-order valence-electron chi connectivity index (χ2n) is 19.0. The Morgan fingerprint density at radius 2 is 1.68 bits per heavy atom. The summed E-state index contributed by atoms with van der Waals surface area (Å²) >= 11 is 0. The SMILES string of the molecule is C=CC1OC2CC3OCC3(O)C3C(OC(=O)c4ccccc4)C4(O)CC(OC(=O)C(O)C(CC(C)C)NC(=O)OC(C)(C)C)C(C)=C(C(OC(C)=O)C(O1)C23C)C4(C)C. The molecular weight excluding hydrogens is 766 g/mol. The van der Waals surface area contributed by atoms with Crippen LogP contribution in [0.5, 0.6) is 0 Å². The van der Waals surface area contributed by atoms with Crippen molar-refractivity contribution in [2.24, 2.45) is 22.7 Å². The fourth-order valence-corrected chi connectivity index (χ4v) is 10.3. The Morgan fingerprint density at radius 1 is 1.02 bits per heavy atom. The van der Waals surface area contributed by atoms with Crippen LogP contribution in [0.2, 0.25) is 0 Å². The molecule has 2 bridgehead atoms. The molecule has 2 saturated heterocycles. The Bertz CT molecular complexity index is 1840. The highest BCUT2D eigenvalue weighted by Gasteiger charge is 2.78. The third-order valence-electron chi connectivity index (χ3n) is 13.1. The van der Waals surface area contributed by atoms with Gasteiger partial charge >= 0.3 is 24.0 Å². The number of fused-ring (bicyclic) bond motifs is 4. The van der Waals surface area contributed by atoms with Gasteiger partial charge in [-0.15, -0.1) is 0 Å². The number of aliphatic hydroxyl groups excluding tert-OH is 1. The molecule has 6 rings (SSSR count). The topological polar surface area (TPSA) is 206 Å². The number of benzene rings is 1. The molecule has 2 heterocycles. The number of ether oxygens (including phenoxy) is 7. The Labute approximate surface area is 345 Å². The maximum absolute atomic E-state index is 14.3. The van der Waals surface area contributed by atoms with Crippen LogP contribution in [0, 0.1) is 22.7 Å². The lowest BCUT2D eigenvalue weighted by atomic mass is 9.44. The molecule has 15 nitrogen and oxygen atoms in total. The van der Waals surface area contributed by atoms with Gasteiger partial charge in [0, 0.05) is 36.5 Å². The van der Waals surface area contributed by atoms with E-state index in [9.17, 15) is 34.5 Å². The van der Waals surface area contributed by atoms with Gasteiger partial charge in [-0.05, 0) is 69.4 Å². The Hall–Kier alpha value is -3.86. The predicted molar refractivity (Wildman–Crippen MR) is 210 cm³/mol. The first-order valence-corrected chi connectivity index (χ1v) is 20.4. The molecule has 1 amide bonds. The highest BCUT2D eigenvalue weighted by atomic mass is 16.7. The molecule has 13 unspecified atom stereocenters. The summed E-state index contributed by atoms with van der Waals surface area (Å²) in [4.78, 5) is 54.4. The van der Waals surface area contributed by atoms with Crippen LogP contribution in [-0.4, -0.2) is 118 Å². The number of esters is 3. The Kier molecular flexibility index (Phi) is 12.0. The normalized spacial score (nSPS) is 36.8. The first-order valence-electron chi connectivity index (χ1n) is 20.4. The van der Waals surface area contributed by atoms with Crippen LogP contribution in [0.4, 0.5) is 4.79 Å². The monoisotopic (exact) mass is 827 g/mol. The second-order valence-corrected chi connectivity index (χ2v) is 19.0. The molecule has 4 fully saturated rings. The summed E-state index contributed by atoms with van der Waals surface area (Å²) in [6, 6.07) is 7.09. The lowest BCUT2D eigenvalue weighted by molar-refractivity contribution is -0.405. The van der Waals surface area contributed by atoms with Crippen LogP contribution < -0.4 is 5.32 Å². The standard InChI is InChI=1S/C44H61NO14/c1-12-30-56-28-19-29-43(51,21-53-29)34-36(58-37(48)25-16-14-13-15-17-25)44(52)20-27(55-38(49)32(47)26(18-22(2)3)45-39(50)59-40(6,7)8)23(4)31(41(44,9)10)33(54-24(5)46)35(57-30)42(28,34)11/h12-17,22,26-30,32-36,47,51-52H,1,18-21H2,2-11H3,(H,45,50). The van der Waals surface area contributed by atoms with Gasteiger partial charge in [0.15, 0.2) is 18.5 Å². The van der Waals surface area contributed by atoms with Crippen molar-refractivity contribution in [3.63, 3.8) is 0 Å². The third-order valence-corrected chi connectivity index (χ3v) is 13.1. The molecule has 13 atom stereocenters. The summed E-state index contributed by atoms with van der Waals surface area (Å²) in [7, 11) is 0. The van der Waals surface area contributed by atoms with E-state index >= 15 is 0 Å². The van der Waals surface area contributed by atoms with E-state index in [1.165, 1.54) is 13.0 Å². The van der Waals surface area contributed by atoms with Crippen LogP contribution in [-0.2, 0) is 42.7 Å². The van der Waals surface area contributed by atoms with Crippen molar-refractivity contribution >= 4 is 24.0 Å². The summed E-state index contributed by atoms with van der Waals surface area (Å²) < 4.78 is 43.4. The van der Waals surface area contributed by atoms with Gasteiger partial charge in [0.2, 0.25) is 0 Å². The summed E-state index contributed by atoms with van der Waals surface area (Å²) in [5, 5.41) is 40.6. The van der Waals surface area contributed by atoms with Gasteiger partial charge in [0.1, 0.15) is 35.1 Å².